The van der Waals surface area contributed by atoms with Gasteiger partial charge in [-0.25, -0.2) is 9.78 Å². The van der Waals surface area contributed by atoms with Crippen LogP contribution in [0, 0.1) is 35.5 Å². The Kier molecular flexibility index (Phi) is 47.1. The van der Waals surface area contributed by atoms with E-state index in [0.717, 1.165) is 12.8 Å². The Morgan fingerprint density at radius 2 is 0.970 bits per heavy atom. The Morgan fingerprint density at radius 1 is 0.727 bits per heavy atom. The molecule has 2 fully saturated rings. The molecule has 12 heteroatoms. The first-order valence-corrected chi connectivity index (χ1v) is 11.3. The summed E-state index contributed by atoms with van der Waals surface area (Å²) in [7, 11) is 0. The van der Waals surface area contributed by atoms with Crippen molar-refractivity contribution in [3.05, 3.63) is 0 Å². The van der Waals surface area contributed by atoms with Gasteiger partial charge in [-0.05, 0) is 61.2 Å². The predicted molar refractivity (Wildman–Crippen MR) is 139 cm³/mol. The van der Waals surface area contributed by atoms with Gasteiger partial charge >= 0.3 is 88.7 Å². The van der Waals surface area contributed by atoms with Gasteiger partial charge in [-0.1, -0.05) is 54.4 Å². The molecular weight excluding hydrogens is 521 g/mol. The van der Waals surface area contributed by atoms with Crippen LogP contribution >= 0.6 is 12.3 Å². The van der Waals surface area contributed by atoms with Crippen LogP contribution in [0.1, 0.15) is 80.1 Å². The molecule has 0 aromatic heterocycles. The Bertz CT molecular complexity index is 360. The molecule has 0 aromatic carbocycles. The molecule has 2 rings (SSSR count). The third-order valence-corrected chi connectivity index (χ3v) is 6.19. The molecular formula is C21H47FeNa3O7S. The second kappa shape index (κ2) is 31.5. The van der Waals surface area contributed by atoms with E-state index in [1.54, 1.807) is 0 Å². The molecule has 2 aliphatic rings. The van der Waals surface area contributed by atoms with Gasteiger partial charge in [0.25, 0.3) is 0 Å². The number of rotatable bonds is 4. The van der Waals surface area contributed by atoms with Crippen LogP contribution in [0.15, 0.2) is 0 Å². The summed E-state index contributed by atoms with van der Waals surface area (Å²) in [5.41, 5.74) is 0. The normalized spacial score (nSPS) is 27.8. The average Bonchev–Trinajstić information content (AvgIpc) is 2.69. The molecule has 190 valence electrons. The van der Waals surface area contributed by atoms with Crippen molar-refractivity contribution in [2.75, 3.05) is 0 Å². The van der Waals surface area contributed by atoms with E-state index in [2.05, 4.69) is 51.3 Å². The van der Waals surface area contributed by atoms with Crippen molar-refractivity contribution >= 4 is 108 Å². The van der Waals surface area contributed by atoms with Crippen LogP contribution in [0.5, 0.6) is 0 Å². The van der Waals surface area contributed by atoms with E-state index in [0.29, 0.717) is 35.5 Å². The van der Waals surface area contributed by atoms with Crippen LogP contribution in [0.4, 0.5) is 0 Å². The standard InChI is InChI=1S/2C10H20O2.CH2O.Fe.3Na.H2O2S.3H/c2*1-7(2)9-5-4-8(3)6-10(9)12-11;1-2;;;;;1-3-2;;;/h2*7-11H,4-6H2,1-3H3;1H2;;;;;1-2H;;;. The minimum absolute atomic E-state index is 0. The first kappa shape index (κ1) is 49.3. The van der Waals surface area contributed by atoms with Crippen molar-refractivity contribution in [3.63, 3.8) is 0 Å². The minimum atomic E-state index is -0.250. The first-order chi connectivity index (χ1) is 13.7. The third kappa shape index (κ3) is 22.9. The molecule has 6 unspecified atom stereocenters. The van der Waals surface area contributed by atoms with Gasteiger partial charge < -0.3 is 13.9 Å². The summed E-state index contributed by atoms with van der Waals surface area (Å²) in [6, 6.07) is 0. The summed E-state index contributed by atoms with van der Waals surface area (Å²) >= 11 is -0.250. The molecule has 0 heterocycles. The summed E-state index contributed by atoms with van der Waals surface area (Å²) in [6.45, 7) is 15.3. The van der Waals surface area contributed by atoms with Crippen LogP contribution in [0.3, 0.4) is 0 Å². The maximum absolute atomic E-state index is 8.73. The third-order valence-electron chi connectivity index (χ3n) is 6.19. The summed E-state index contributed by atoms with van der Waals surface area (Å²) < 4.78 is 14.1. The van der Waals surface area contributed by atoms with Crippen LogP contribution in [0.2, 0.25) is 0 Å². The molecule has 2 aliphatic carbocycles. The Morgan fingerprint density at radius 3 is 1.15 bits per heavy atom. The molecule has 0 aromatic rings. The molecule has 0 saturated heterocycles. The van der Waals surface area contributed by atoms with E-state index in [1.165, 1.54) is 25.7 Å². The van der Waals surface area contributed by atoms with E-state index in [1.807, 2.05) is 6.79 Å². The van der Waals surface area contributed by atoms with E-state index in [4.69, 9.17) is 24.4 Å². The predicted octanol–water partition coefficient (Wildman–Crippen LogP) is 4.41. The number of hydrogen-bond donors (Lipinski definition) is 4. The summed E-state index contributed by atoms with van der Waals surface area (Å²) in [5, 5.41) is 17.5. The second-order valence-electron chi connectivity index (χ2n) is 9.02. The monoisotopic (exact) mass is 568 g/mol. The van der Waals surface area contributed by atoms with Gasteiger partial charge in [-0.2, -0.15) is 0 Å². The van der Waals surface area contributed by atoms with Crippen LogP contribution in [-0.2, 0) is 31.6 Å². The topological polar surface area (TPSA) is 116 Å². The Balaban J connectivity index is -0.0000000838. The molecule has 7 nitrogen and oxygen atoms in total. The van der Waals surface area contributed by atoms with Crippen LogP contribution in [-0.4, -0.2) is 127 Å². The van der Waals surface area contributed by atoms with Crippen molar-refractivity contribution in [2.45, 2.75) is 92.3 Å². The van der Waals surface area contributed by atoms with Gasteiger partial charge in [0.1, 0.15) is 6.79 Å². The fourth-order valence-corrected chi connectivity index (χ4v) is 4.47. The molecule has 0 spiro atoms. The molecule has 0 bridgehead atoms. The van der Waals surface area contributed by atoms with Crippen molar-refractivity contribution in [2.24, 2.45) is 35.5 Å². The molecule has 2 saturated carbocycles. The van der Waals surface area contributed by atoms with Gasteiger partial charge in [-0.3, -0.25) is 10.5 Å². The van der Waals surface area contributed by atoms with Gasteiger partial charge in [-0.15, -0.1) is 0 Å². The molecule has 0 radical (unpaired) electrons. The maximum atomic E-state index is 8.73. The van der Waals surface area contributed by atoms with E-state index in [-0.39, 0.29) is 130 Å². The summed E-state index contributed by atoms with van der Waals surface area (Å²) in [4.78, 5) is 17.1. The second-order valence-corrected chi connectivity index (χ2v) is 9.18. The average molecular weight is 568 g/mol. The van der Waals surface area contributed by atoms with Crippen LogP contribution < -0.4 is 0 Å². The zero-order valence-electron chi connectivity index (χ0n) is 19.3. The quantitative estimate of drug-likeness (QED) is 0.171. The number of hydrogen-bond acceptors (Lipinski definition) is 8. The molecule has 6 atom stereocenters. The van der Waals surface area contributed by atoms with Crippen LogP contribution in [0.25, 0.3) is 0 Å². The van der Waals surface area contributed by atoms with E-state index >= 15 is 0 Å². The zero-order chi connectivity index (χ0) is 23.0. The van der Waals surface area contributed by atoms with Crippen molar-refractivity contribution in [3.8, 4) is 0 Å². The Hall–Kier alpha value is 3.30. The molecule has 0 amide bonds. The van der Waals surface area contributed by atoms with Crippen molar-refractivity contribution in [1.82, 2.24) is 0 Å². The van der Waals surface area contributed by atoms with Crippen molar-refractivity contribution in [1.29, 1.82) is 0 Å². The zero-order valence-corrected chi connectivity index (χ0v) is 21.3. The summed E-state index contributed by atoms with van der Waals surface area (Å²) in [6.07, 6.45) is 7.14. The van der Waals surface area contributed by atoms with Gasteiger partial charge in [0, 0.05) is 17.1 Å². The fraction of sp³-hybridized carbons (Fsp3) is 0.952. The molecule has 33 heavy (non-hydrogen) atoms. The first-order valence-electron chi connectivity index (χ1n) is 10.6. The SMILES string of the molecule is C=O.CC1CCC(C(C)C)C(OO)C1.CC1CCC(C(C)C)C(OO)C1.OSO.[Fe].[NaH].[NaH].[NaH]. The summed E-state index contributed by atoms with van der Waals surface area (Å²) in [5.74, 6) is 3.75. The van der Waals surface area contributed by atoms with Gasteiger partial charge in [0.05, 0.1) is 12.2 Å². The molecule has 0 aliphatic heterocycles. The van der Waals surface area contributed by atoms with Gasteiger partial charge in [0.2, 0.25) is 0 Å². The van der Waals surface area contributed by atoms with E-state index < -0.39 is 0 Å². The Labute approximate surface area is 283 Å². The fourth-order valence-electron chi connectivity index (χ4n) is 4.47. The number of carbonyl (C=O) groups excluding carboxylic acids is 1. The number of carbonyl (C=O) groups is 1. The van der Waals surface area contributed by atoms with Gasteiger partial charge in [0.15, 0.2) is 12.3 Å². The van der Waals surface area contributed by atoms with E-state index in [9.17, 15) is 0 Å². The van der Waals surface area contributed by atoms with Crippen molar-refractivity contribution < 1.29 is 51.3 Å². The molecule has 4 N–H and O–H groups in total.